The second-order valence-corrected chi connectivity index (χ2v) is 14.1. The van der Waals surface area contributed by atoms with Gasteiger partial charge in [-0.15, -0.1) is 0 Å². The molecule has 0 aliphatic carbocycles. The molecule has 2 atom stereocenters. The van der Waals surface area contributed by atoms with Gasteiger partial charge in [-0.25, -0.2) is 9.56 Å². The average molecular weight is 779 g/mol. The van der Waals surface area contributed by atoms with Crippen molar-refractivity contribution >= 4 is 35.7 Å². The lowest BCUT2D eigenvalue weighted by atomic mass is 9.93. The van der Waals surface area contributed by atoms with Gasteiger partial charge >= 0.3 is 0 Å². The van der Waals surface area contributed by atoms with Crippen molar-refractivity contribution in [3.05, 3.63) is 144 Å². The topological polar surface area (TPSA) is 103 Å². The van der Waals surface area contributed by atoms with Crippen LogP contribution in [0.5, 0.6) is 0 Å². The van der Waals surface area contributed by atoms with Crippen molar-refractivity contribution in [3.8, 4) is 0 Å². The number of carbonyl (C=O) groups is 4. The summed E-state index contributed by atoms with van der Waals surface area (Å²) in [5.41, 5.74) is 2.81. The minimum Gasteiger partial charge on any atom is -1.00 e. The van der Waals surface area contributed by atoms with Gasteiger partial charge in [-0.2, -0.15) is 0 Å². The first-order chi connectivity index (χ1) is 25.1. The molecule has 274 valence electrons. The van der Waals surface area contributed by atoms with E-state index in [4.69, 9.17) is 4.74 Å². The summed E-state index contributed by atoms with van der Waals surface area (Å²) in [5, 5.41) is 0. The molecule has 4 aromatic rings. The van der Waals surface area contributed by atoms with Crippen LogP contribution < -0.4 is 21.5 Å². The number of hydrogen-bond acceptors (Lipinski definition) is 6. The number of ether oxygens (including phenoxy) is 1. The monoisotopic (exact) mass is 777 g/mol. The number of nitrogens with zero attached hydrogens (tertiary/aromatic N) is 5. The molecule has 3 amide bonds. The Hall–Kier alpha value is -5.42. The molecule has 53 heavy (non-hydrogen) atoms. The van der Waals surface area contributed by atoms with Crippen molar-refractivity contribution < 1.29 is 45.5 Å². The van der Waals surface area contributed by atoms with Crippen LogP contribution in [0.15, 0.2) is 127 Å². The summed E-state index contributed by atoms with van der Waals surface area (Å²) >= 11 is 0. The molecular formula is C42H44BrN5O5. The van der Waals surface area contributed by atoms with Crippen LogP contribution in [-0.2, 0) is 32.1 Å². The summed E-state index contributed by atoms with van der Waals surface area (Å²) in [6, 6.07) is 30.2. The second-order valence-electron chi connectivity index (χ2n) is 14.1. The number of benzene rings is 3. The van der Waals surface area contributed by atoms with E-state index in [-0.39, 0.29) is 54.4 Å². The zero-order chi connectivity index (χ0) is 36.8. The smallest absolute Gasteiger partial charge is 0.295 e. The minimum absolute atomic E-state index is 0. The van der Waals surface area contributed by atoms with Crippen molar-refractivity contribution in [1.29, 1.82) is 0 Å². The molecule has 1 aromatic heterocycles. The number of aliphatic imine (C=N–C) groups is 1. The average Bonchev–Trinajstić information content (AvgIpc) is 3.52. The van der Waals surface area contributed by atoms with Crippen LogP contribution in [0.2, 0.25) is 0 Å². The fourth-order valence-corrected chi connectivity index (χ4v) is 6.58. The van der Waals surface area contributed by atoms with Crippen molar-refractivity contribution in [2.75, 3.05) is 13.2 Å². The highest BCUT2D eigenvalue weighted by Gasteiger charge is 2.47. The largest absolute Gasteiger partial charge is 1.00 e. The van der Waals surface area contributed by atoms with Crippen LogP contribution in [0.4, 0.5) is 0 Å². The molecule has 10 nitrogen and oxygen atoms in total. The van der Waals surface area contributed by atoms with E-state index in [2.05, 4.69) is 4.99 Å². The third-order valence-electron chi connectivity index (χ3n) is 9.17. The molecule has 0 fully saturated rings. The van der Waals surface area contributed by atoms with E-state index in [9.17, 15) is 14.4 Å². The molecule has 2 aliphatic rings. The fourth-order valence-electron chi connectivity index (χ4n) is 6.58. The van der Waals surface area contributed by atoms with E-state index in [0.717, 1.165) is 11.1 Å². The van der Waals surface area contributed by atoms with Gasteiger partial charge in [-0.05, 0) is 30.9 Å². The normalized spacial score (nSPS) is 16.9. The first-order valence-electron chi connectivity index (χ1n) is 17.5. The van der Waals surface area contributed by atoms with Gasteiger partial charge in [0.1, 0.15) is 25.0 Å². The Bertz CT molecular complexity index is 1970. The molecule has 0 N–H and O–H groups in total. The van der Waals surface area contributed by atoms with Crippen LogP contribution >= 0.6 is 0 Å². The van der Waals surface area contributed by atoms with Crippen LogP contribution in [0.25, 0.3) is 5.70 Å². The standard InChI is InChI=1S/C42H44N5O5.BrH/c1-30(2)37-40(51)47(35(26-31-14-8-5-9-15-31)39(50)45(24-25-48)41-43-42(3,4)29-52-41)36(33-18-12-7-13-19-33)28-46(37)38(49)34-20-22-44(23-21-34)27-32-16-10-6-11-17-32;/h5-23,25,28,30,35,37H,24,26-27,29H2,1-4H3;1H/q+1;/p-1/t35-,37+;/m0./s1. The molecule has 0 saturated heterocycles. The van der Waals surface area contributed by atoms with Crippen LogP contribution in [0.3, 0.4) is 0 Å². The Kier molecular flexibility index (Phi) is 12.4. The zero-order valence-corrected chi connectivity index (χ0v) is 31.9. The highest BCUT2D eigenvalue weighted by atomic mass is 79.9. The van der Waals surface area contributed by atoms with Gasteiger partial charge in [0.25, 0.3) is 23.7 Å². The molecule has 0 bridgehead atoms. The number of aldehydes is 1. The number of carbonyl (C=O) groups excluding carboxylic acids is 4. The lowest BCUT2D eigenvalue weighted by Gasteiger charge is -2.44. The summed E-state index contributed by atoms with van der Waals surface area (Å²) in [5.74, 6) is -1.58. The maximum absolute atomic E-state index is 15.1. The molecule has 3 aromatic carbocycles. The summed E-state index contributed by atoms with van der Waals surface area (Å²) in [6.07, 6.45) is 6.17. The molecule has 0 radical (unpaired) electrons. The van der Waals surface area contributed by atoms with Gasteiger partial charge in [0.2, 0.25) is 0 Å². The molecule has 0 unspecified atom stereocenters. The van der Waals surface area contributed by atoms with Gasteiger partial charge in [-0.1, -0.05) is 105 Å². The summed E-state index contributed by atoms with van der Waals surface area (Å²) in [6.45, 7) is 8.11. The minimum atomic E-state index is -1.11. The Morgan fingerprint density at radius 1 is 0.925 bits per heavy atom. The van der Waals surface area contributed by atoms with Gasteiger partial charge in [-0.3, -0.25) is 24.2 Å². The predicted octanol–water partition coefficient (Wildman–Crippen LogP) is 2.14. The first kappa shape index (κ1) is 38.8. The number of halogens is 1. The Morgan fingerprint density at radius 2 is 1.51 bits per heavy atom. The fraction of sp³-hybridized carbons (Fsp3) is 0.286. The summed E-state index contributed by atoms with van der Waals surface area (Å²) in [4.78, 5) is 65.2. The Balaban J connectivity index is 0.00000541. The van der Waals surface area contributed by atoms with Crippen molar-refractivity contribution in [3.63, 3.8) is 0 Å². The van der Waals surface area contributed by atoms with Gasteiger partial charge in [0.15, 0.2) is 18.9 Å². The van der Waals surface area contributed by atoms with Gasteiger partial charge in [0, 0.05) is 30.3 Å². The van der Waals surface area contributed by atoms with Crippen LogP contribution in [0.1, 0.15) is 54.7 Å². The molecular weight excluding hydrogens is 734 g/mol. The first-order valence-corrected chi connectivity index (χ1v) is 17.5. The van der Waals surface area contributed by atoms with E-state index in [1.165, 1.54) is 14.7 Å². The van der Waals surface area contributed by atoms with Crippen LogP contribution in [0, 0.1) is 5.92 Å². The van der Waals surface area contributed by atoms with E-state index in [0.29, 0.717) is 29.7 Å². The van der Waals surface area contributed by atoms with Gasteiger partial charge < -0.3 is 31.4 Å². The molecule has 11 heteroatoms. The Labute approximate surface area is 321 Å². The van der Waals surface area contributed by atoms with Gasteiger partial charge in [0.05, 0.1) is 23.3 Å². The lowest BCUT2D eigenvalue weighted by molar-refractivity contribution is -0.688. The third-order valence-corrected chi connectivity index (χ3v) is 9.17. The van der Waals surface area contributed by atoms with Crippen molar-refractivity contribution in [2.45, 2.75) is 58.3 Å². The molecule has 0 saturated carbocycles. The quantitative estimate of drug-likeness (QED) is 0.172. The zero-order valence-electron chi connectivity index (χ0n) is 30.3. The number of amidine groups is 1. The predicted molar refractivity (Wildman–Crippen MR) is 197 cm³/mol. The second kappa shape index (κ2) is 16.9. The highest BCUT2D eigenvalue weighted by Crippen LogP contribution is 2.34. The summed E-state index contributed by atoms with van der Waals surface area (Å²) in [7, 11) is 0. The maximum Gasteiger partial charge on any atom is 0.295 e. The van der Waals surface area contributed by atoms with E-state index in [1.807, 2.05) is 136 Å². The van der Waals surface area contributed by atoms with E-state index in [1.54, 1.807) is 18.3 Å². The third kappa shape index (κ3) is 8.80. The lowest BCUT2D eigenvalue weighted by Crippen LogP contribution is -3.00. The number of hydrogen-bond donors (Lipinski definition) is 0. The number of amides is 3. The summed E-state index contributed by atoms with van der Waals surface area (Å²) < 4.78 is 7.84. The highest BCUT2D eigenvalue weighted by molar-refractivity contribution is 6.06. The molecule has 0 spiro atoms. The van der Waals surface area contributed by atoms with E-state index >= 15 is 4.79 Å². The SMILES string of the molecule is CC(C)[C@@H]1C(=O)N([C@@H](Cc2ccccc2)C(=O)N(CC=O)C2=NC(C)(C)CO2)C(c2ccccc2)=CN1C(=O)c1cc[n+](Cc2ccccc2)cc1.[Br-]. The van der Waals surface area contributed by atoms with Crippen LogP contribution in [-0.4, -0.2) is 75.5 Å². The van der Waals surface area contributed by atoms with Crippen molar-refractivity contribution in [2.24, 2.45) is 10.9 Å². The van der Waals surface area contributed by atoms with E-state index < -0.39 is 29.4 Å². The van der Waals surface area contributed by atoms with Crippen molar-refractivity contribution in [1.82, 2.24) is 14.7 Å². The number of pyridine rings is 1. The molecule has 3 heterocycles. The molecule has 6 rings (SSSR count). The Morgan fingerprint density at radius 3 is 2.06 bits per heavy atom. The number of aromatic nitrogens is 1. The molecule has 2 aliphatic heterocycles. The maximum atomic E-state index is 15.1. The number of rotatable bonds is 11.